The van der Waals surface area contributed by atoms with E-state index in [1.165, 1.54) is 5.56 Å². The summed E-state index contributed by atoms with van der Waals surface area (Å²) in [6, 6.07) is 8.54. The fraction of sp³-hybridized carbons (Fsp3) is 0.611. The molecule has 3 unspecified atom stereocenters. The van der Waals surface area contributed by atoms with Gasteiger partial charge in [0.2, 0.25) is 0 Å². The molecule has 1 saturated heterocycles. The lowest BCUT2D eigenvalue weighted by atomic mass is 10.1. The van der Waals surface area contributed by atoms with Crippen molar-refractivity contribution in [2.24, 2.45) is 4.99 Å². The summed E-state index contributed by atoms with van der Waals surface area (Å²) in [5.41, 5.74) is 1.29. The number of nitrogens with zero attached hydrogens (tertiary/aromatic N) is 1. The molecule has 1 heterocycles. The Labute approximate surface area is 171 Å². The fourth-order valence-electron chi connectivity index (χ4n) is 3.00. The molecule has 5 nitrogen and oxygen atoms in total. The number of benzene rings is 1. The molecule has 0 radical (unpaired) electrons. The molecular weight excluding hydrogens is 453 g/mol. The van der Waals surface area contributed by atoms with E-state index in [1.807, 2.05) is 18.2 Å². The maximum Gasteiger partial charge on any atom is 0.191 e. The Morgan fingerprint density at radius 1 is 1.44 bits per heavy atom. The smallest absolute Gasteiger partial charge is 0.191 e. The lowest BCUT2D eigenvalue weighted by Crippen LogP contribution is -2.39. The van der Waals surface area contributed by atoms with Crippen LogP contribution in [0, 0.1) is 0 Å². The van der Waals surface area contributed by atoms with Gasteiger partial charge in [0.1, 0.15) is 0 Å². The Morgan fingerprint density at radius 3 is 3.04 bits per heavy atom. The van der Waals surface area contributed by atoms with Crippen LogP contribution in [-0.2, 0) is 9.47 Å². The van der Waals surface area contributed by atoms with E-state index >= 15 is 0 Å². The van der Waals surface area contributed by atoms with Crippen LogP contribution in [0.15, 0.2) is 29.3 Å². The fourth-order valence-corrected chi connectivity index (χ4v) is 3.20. The Bertz CT molecular complexity index is 567. The van der Waals surface area contributed by atoms with Crippen molar-refractivity contribution in [3.63, 3.8) is 0 Å². The van der Waals surface area contributed by atoms with Gasteiger partial charge in [-0.3, -0.25) is 4.99 Å². The van der Waals surface area contributed by atoms with Gasteiger partial charge in [-0.2, -0.15) is 0 Å². The van der Waals surface area contributed by atoms with Gasteiger partial charge >= 0.3 is 0 Å². The first-order valence-electron chi connectivity index (χ1n) is 8.68. The molecular formula is C18H27ClIN3O2. The minimum Gasteiger partial charge on any atom is -0.379 e. The van der Waals surface area contributed by atoms with Gasteiger partial charge in [0, 0.05) is 43.8 Å². The van der Waals surface area contributed by atoms with Crippen LogP contribution in [-0.4, -0.2) is 51.5 Å². The van der Waals surface area contributed by atoms with E-state index in [2.05, 4.69) is 21.7 Å². The molecule has 25 heavy (non-hydrogen) atoms. The van der Waals surface area contributed by atoms with Crippen molar-refractivity contribution < 1.29 is 9.47 Å². The zero-order chi connectivity index (χ0) is 16.8. The number of aliphatic imine (C=N–C) groups is 1. The molecule has 1 aliphatic carbocycles. The number of hydrogen-bond acceptors (Lipinski definition) is 3. The topological polar surface area (TPSA) is 54.9 Å². The van der Waals surface area contributed by atoms with E-state index in [1.54, 1.807) is 7.05 Å². The largest absolute Gasteiger partial charge is 0.379 e. The summed E-state index contributed by atoms with van der Waals surface area (Å²) in [4.78, 5) is 4.30. The first kappa shape index (κ1) is 20.7. The van der Waals surface area contributed by atoms with Crippen molar-refractivity contribution in [2.45, 2.75) is 37.3 Å². The first-order chi connectivity index (χ1) is 11.8. The van der Waals surface area contributed by atoms with Crippen molar-refractivity contribution in [1.29, 1.82) is 0 Å². The average Bonchev–Trinajstić information content (AvgIpc) is 3.16. The van der Waals surface area contributed by atoms with Gasteiger partial charge in [0.05, 0.1) is 12.7 Å². The molecule has 2 aliphatic rings. The molecule has 0 amide bonds. The zero-order valence-corrected chi connectivity index (χ0v) is 17.6. The van der Waals surface area contributed by atoms with Gasteiger partial charge in [0.25, 0.3) is 0 Å². The van der Waals surface area contributed by atoms with Crippen molar-refractivity contribution >= 4 is 41.5 Å². The van der Waals surface area contributed by atoms with Crippen LogP contribution in [0.2, 0.25) is 5.02 Å². The molecule has 1 aromatic carbocycles. The number of rotatable bonds is 7. The van der Waals surface area contributed by atoms with Gasteiger partial charge < -0.3 is 20.1 Å². The lowest BCUT2D eigenvalue weighted by Gasteiger charge is -2.13. The minimum atomic E-state index is 0. The van der Waals surface area contributed by atoms with Gasteiger partial charge in [-0.05, 0) is 37.0 Å². The normalized spacial score (nSPS) is 25.4. The third-order valence-electron chi connectivity index (χ3n) is 4.47. The van der Waals surface area contributed by atoms with Crippen molar-refractivity contribution in [3.05, 3.63) is 34.9 Å². The highest BCUT2D eigenvalue weighted by Gasteiger charge is 2.39. The van der Waals surface area contributed by atoms with E-state index in [0.717, 1.165) is 56.6 Å². The molecule has 140 valence electrons. The third-order valence-corrected chi connectivity index (χ3v) is 4.70. The van der Waals surface area contributed by atoms with Crippen molar-refractivity contribution in [3.8, 4) is 0 Å². The predicted octanol–water partition coefficient (Wildman–Crippen LogP) is 3.17. The highest BCUT2D eigenvalue weighted by atomic mass is 127. The lowest BCUT2D eigenvalue weighted by molar-refractivity contribution is 0.0420. The van der Waals surface area contributed by atoms with E-state index in [4.69, 9.17) is 21.1 Å². The van der Waals surface area contributed by atoms with Crippen LogP contribution in [0.3, 0.4) is 0 Å². The maximum absolute atomic E-state index is 6.07. The van der Waals surface area contributed by atoms with Crippen LogP contribution in [0.5, 0.6) is 0 Å². The molecule has 1 aromatic rings. The van der Waals surface area contributed by atoms with Gasteiger partial charge in [-0.15, -0.1) is 24.0 Å². The third kappa shape index (κ3) is 6.58. The predicted molar refractivity (Wildman–Crippen MR) is 112 cm³/mol. The van der Waals surface area contributed by atoms with Gasteiger partial charge in [-0.25, -0.2) is 0 Å². The standard InChI is InChI=1S/C18H26ClN3O2.HI/c1-20-18(21-7-3-8-24-15-6-9-23-12-15)22-17-11-16(17)13-4-2-5-14(19)10-13;/h2,4-5,10,15-17H,3,6-9,11-12H2,1H3,(H2,20,21,22);1H. The summed E-state index contributed by atoms with van der Waals surface area (Å²) >= 11 is 6.07. The van der Waals surface area contributed by atoms with E-state index in [9.17, 15) is 0 Å². The Morgan fingerprint density at radius 2 is 2.32 bits per heavy atom. The molecule has 2 N–H and O–H groups in total. The van der Waals surface area contributed by atoms with E-state index < -0.39 is 0 Å². The SMILES string of the molecule is CN=C(NCCCOC1CCOC1)NC1CC1c1cccc(Cl)c1.I. The average molecular weight is 480 g/mol. The molecule has 1 aliphatic heterocycles. The summed E-state index contributed by atoms with van der Waals surface area (Å²) in [5.74, 6) is 1.38. The second-order valence-corrected chi connectivity index (χ2v) is 6.79. The van der Waals surface area contributed by atoms with Crippen LogP contribution in [0.4, 0.5) is 0 Å². The van der Waals surface area contributed by atoms with Crippen LogP contribution >= 0.6 is 35.6 Å². The van der Waals surface area contributed by atoms with E-state index in [0.29, 0.717) is 12.0 Å². The van der Waals surface area contributed by atoms with Crippen LogP contribution in [0.1, 0.15) is 30.7 Å². The number of halogens is 2. The van der Waals surface area contributed by atoms with Crippen molar-refractivity contribution in [1.82, 2.24) is 10.6 Å². The number of hydrogen-bond donors (Lipinski definition) is 2. The molecule has 3 rings (SSSR count). The zero-order valence-electron chi connectivity index (χ0n) is 14.5. The second-order valence-electron chi connectivity index (χ2n) is 6.36. The molecule has 1 saturated carbocycles. The summed E-state index contributed by atoms with van der Waals surface area (Å²) in [6.45, 7) is 3.17. The van der Waals surface area contributed by atoms with Gasteiger partial charge in [0.15, 0.2) is 5.96 Å². The van der Waals surface area contributed by atoms with Crippen molar-refractivity contribution in [2.75, 3.05) is 33.4 Å². The number of ether oxygens (including phenoxy) is 2. The minimum absolute atomic E-state index is 0. The maximum atomic E-state index is 6.07. The summed E-state index contributed by atoms with van der Waals surface area (Å²) in [6.07, 6.45) is 3.38. The van der Waals surface area contributed by atoms with Crippen LogP contribution in [0.25, 0.3) is 0 Å². The molecule has 3 atom stereocenters. The Balaban J connectivity index is 0.00000225. The highest BCUT2D eigenvalue weighted by molar-refractivity contribution is 14.0. The number of nitrogens with one attached hydrogen (secondary N) is 2. The second kappa shape index (κ2) is 10.5. The first-order valence-corrected chi connectivity index (χ1v) is 9.06. The Kier molecular flexibility index (Phi) is 8.75. The Hall–Kier alpha value is -0.570. The molecule has 0 bridgehead atoms. The van der Waals surface area contributed by atoms with E-state index in [-0.39, 0.29) is 30.1 Å². The van der Waals surface area contributed by atoms with Gasteiger partial charge in [-0.1, -0.05) is 23.7 Å². The van der Waals surface area contributed by atoms with Crippen LogP contribution < -0.4 is 10.6 Å². The highest BCUT2D eigenvalue weighted by Crippen LogP contribution is 2.41. The number of guanidine groups is 1. The molecule has 7 heteroatoms. The molecule has 0 aromatic heterocycles. The summed E-state index contributed by atoms with van der Waals surface area (Å²) in [7, 11) is 1.80. The molecule has 2 fully saturated rings. The summed E-state index contributed by atoms with van der Waals surface area (Å²) < 4.78 is 11.1. The monoisotopic (exact) mass is 479 g/mol. The summed E-state index contributed by atoms with van der Waals surface area (Å²) in [5, 5.41) is 7.63. The molecule has 0 spiro atoms. The quantitative estimate of drug-likeness (QED) is 0.273.